The van der Waals surface area contributed by atoms with Crippen LogP contribution in [-0.4, -0.2) is 23.6 Å². The number of nitrogens with zero attached hydrogens (tertiary/aromatic N) is 1. The van der Waals surface area contributed by atoms with Gasteiger partial charge in [0.1, 0.15) is 4.88 Å². The molecule has 0 aliphatic heterocycles. The Morgan fingerprint density at radius 2 is 1.75 bits per heavy atom. The molecule has 0 saturated heterocycles. The number of esters is 1. The van der Waals surface area contributed by atoms with Crippen LogP contribution in [0.5, 0.6) is 0 Å². The second kappa shape index (κ2) is 7.44. The molecule has 0 atom stereocenters. The number of thiazole rings is 1. The molecule has 1 aromatic heterocycles. The van der Waals surface area contributed by atoms with Crippen molar-refractivity contribution in [1.29, 1.82) is 0 Å². The molecule has 7 heteroatoms. The van der Waals surface area contributed by atoms with Gasteiger partial charge in [0.25, 0.3) is 0 Å². The predicted molar refractivity (Wildman–Crippen MR) is 96.1 cm³/mol. The second-order valence-electron chi connectivity index (χ2n) is 5.51. The number of benzene rings is 1. The smallest absolute Gasteiger partial charge is 0.350 e. The van der Waals surface area contributed by atoms with Crippen molar-refractivity contribution in [3.8, 4) is 0 Å². The molecule has 6 nitrogen and oxygen atoms in total. The third-order valence-electron chi connectivity index (χ3n) is 3.39. The molecule has 2 amide bonds. The molecule has 2 N–H and O–H groups in total. The first-order valence-corrected chi connectivity index (χ1v) is 8.43. The number of aryl methyl sites for hydroxylation is 4. The minimum absolute atomic E-state index is 0.297. The minimum atomic E-state index is -0.425. The minimum Gasteiger partial charge on any atom is -0.462 e. The van der Waals surface area contributed by atoms with Crippen LogP contribution >= 0.6 is 11.3 Å². The van der Waals surface area contributed by atoms with E-state index in [1.165, 1.54) is 0 Å². The normalized spacial score (nSPS) is 10.4. The van der Waals surface area contributed by atoms with E-state index in [1.54, 1.807) is 13.8 Å². The largest absolute Gasteiger partial charge is 0.462 e. The van der Waals surface area contributed by atoms with Crippen LogP contribution in [0.1, 0.15) is 39.0 Å². The summed E-state index contributed by atoms with van der Waals surface area (Å²) in [5.74, 6) is -0.425. The number of hydrogen-bond donors (Lipinski definition) is 2. The van der Waals surface area contributed by atoms with Crippen molar-refractivity contribution < 1.29 is 14.3 Å². The highest BCUT2D eigenvalue weighted by Crippen LogP contribution is 2.25. The van der Waals surface area contributed by atoms with E-state index < -0.39 is 12.0 Å². The maximum atomic E-state index is 12.2. The molecule has 0 unspecified atom stereocenters. The van der Waals surface area contributed by atoms with Crippen molar-refractivity contribution in [2.45, 2.75) is 34.6 Å². The molecule has 1 heterocycles. The van der Waals surface area contributed by atoms with Crippen LogP contribution in [0, 0.1) is 27.7 Å². The Morgan fingerprint density at radius 3 is 2.33 bits per heavy atom. The number of aromatic nitrogens is 1. The highest BCUT2D eigenvalue weighted by atomic mass is 32.1. The topological polar surface area (TPSA) is 80.3 Å². The molecule has 0 bridgehead atoms. The highest BCUT2D eigenvalue weighted by molar-refractivity contribution is 7.17. The molecule has 2 aromatic rings. The number of hydrogen-bond acceptors (Lipinski definition) is 5. The first-order chi connectivity index (χ1) is 11.3. The highest BCUT2D eigenvalue weighted by Gasteiger charge is 2.18. The summed E-state index contributed by atoms with van der Waals surface area (Å²) < 4.78 is 4.97. The van der Waals surface area contributed by atoms with E-state index in [2.05, 4.69) is 15.6 Å². The lowest BCUT2D eigenvalue weighted by atomic mass is 10.1. The van der Waals surface area contributed by atoms with Gasteiger partial charge >= 0.3 is 12.0 Å². The van der Waals surface area contributed by atoms with Gasteiger partial charge in [-0.05, 0) is 45.7 Å². The summed E-state index contributed by atoms with van der Waals surface area (Å²) in [4.78, 5) is 28.6. The quantitative estimate of drug-likeness (QED) is 0.812. The average molecular weight is 347 g/mol. The van der Waals surface area contributed by atoms with Crippen LogP contribution in [-0.2, 0) is 4.74 Å². The van der Waals surface area contributed by atoms with Crippen LogP contribution in [0.4, 0.5) is 15.6 Å². The fraction of sp³-hybridized carbons (Fsp3) is 0.353. The summed E-state index contributed by atoms with van der Waals surface area (Å²) in [5, 5.41) is 5.86. The number of ether oxygens (including phenoxy) is 1. The molecule has 0 saturated carbocycles. The van der Waals surface area contributed by atoms with Gasteiger partial charge in [0.2, 0.25) is 0 Å². The van der Waals surface area contributed by atoms with Crippen LogP contribution in [0.25, 0.3) is 0 Å². The molecule has 1 aromatic carbocycles. The molecule has 0 fully saturated rings. The number of carbonyl (C=O) groups excluding carboxylic acids is 2. The molecule has 0 radical (unpaired) electrons. The van der Waals surface area contributed by atoms with Crippen molar-refractivity contribution in [1.82, 2.24) is 4.98 Å². The lowest BCUT2D eigenvalue weighted by Gasteiger charge is -2.12. The molecule has 128 valence electrons. The van der Waals surface area contributed by atoms with Crippen LogP contribution in [0.2, 0.25) is 0 Å². The summed E-state index contributed by atoms with van der Waals surface area (Å²) in [6.45, 7) is 9.65. The maximum absolute atomic E-state index is 12.2. The predicted octanol–water partition coefficient (Wildman–Crippen LogP) is 4.20. The zero-order chi connectivity index (χ0) is 17.9. The van der Waals surface area contributed by atoms with Crippen LogP contribution < -0.4 is 10.6 Å². The molecular formula is C17H21N3O3S. The first kappa shape index (κ1) is 17.9. The van der Waals surface area contributed by atoms with Crippen molar-refractivity contribution >= 4 is 34.2 Å². The Kier molecular flexibility index (Phi) is 5.56. The monoisotopic (exact) mass is 347 g/mol. The van der Waals surface area contributed by atoms with E-state index in [1.807, 2.05) is 32.9 Å². The number of rotatable bonds is 4. The van der Waals surface area contributed by atoms with Gasteiger partial charge in [0.05, 0.1) is 12.3 Å². The summed E-state index contributed by atoms with van der Waals surface area (Å²) in [6, 6.07) is 3.62. The molecule has 0 spiro atoms. The van der Waals surface area contributed by atoms with E-state index in [0.29, 0.717) is 22.3 Å². The summed E-state index contributed by atoms with van der Waals surface area (Å²) in [5.41, 5.74) is 4.44. The van der Waals surface area contributed by atoms with Gasteiger partial charge in [-0.25, -0.2) is 14.6 Å². The van der Waals surface area contributed by atoms with Crippen molar-refractivity contribution in [3.05, 3.63) is 39.4 Å². The average Bonchev–Trinajstić information content (AvgIpc) is 2.83. The van der Waals surface area contributed by atoms with Crippen LogP contribution in [0.15, 0.2) is 12.1 Å². The standard InChI is InChI=1S/C17H21N3O3S/c1-6-23-15(21)14-12(5)18-17(24-14)20-16(22)19-13-10(3)7-9(2)8-11(13)4/h7-8H,6H2,1-5H3,(H2,18,19,20,22). The lowest BCUT2D eigenvalue weighted by Crippen LogP contribution is -2.20. The van der Waals surface area contributed by atoms with Gasteiger partial charge in [-0.2, -0.15) is 0 Å². The zero-order valence-corrected chi connectivity index (χ0v) is 15.3. The van der Waals surface area contributed by atoms with Crippen molar-refractivity contribution in [2.75, 3.05) is 17.2 Å². The Balaban J connectivity index is 2.11. The summed E-state index contributed by atoms with van der Waals surface area (Å²) in [6.07, 6.45) is 0. The van der Waals surface area contributed by atoms with E-state index >= 15 is 0 Å². The SMILES string of the molecule is CCOC(=O)c1sc(NC(=O)Nc2c(C)cc(C)cc2C)nc1C. The number of anilines is 2. The zero-order valence-electron chi connectivity index (χ0n) is 14.4. The lowest BCUT2D eigenvalue weighted by molar-refractivity contribution is 0.0531. The first-order valence-electron chi connectivity index (χ1n) is 7.62. The molecule has 0 aliphatic carbocycles. The van der Waals surface area contributed by atoms with Gasteiger partial charge in [-0.1, -0.05) is 29.0 Å². The Morgan fingerprint density at radius 1 is 1.12 bits per heavy atom. The van der Waals surface area contributed by atoms with Crippen LogP contribution in [0.3, 0.4) is 0 Å². The van der Waals surface area contributed by atoms with Crippen molar-refractivity contribution in [2.24, 2.45) is 0 Å². The van der Waals surface area contributed by atoms with Crippen molar-refractivity contribution in [3.63, 3.8) is 0 Å². The third kappa shape index (κ3) is 4.11. The number of carbonyl (C=O) groups is 2. The third-order valence-corrected chi connectivity index (χ3v) is 4.45. The van der Waals surface area contributed by atoms with E-state index in [-0.39, 0.29) is 0 Å². The van der Waals surface area contributed by atoms with Gasteiger partial charge in [-0.15, -0.1) is 0 Å². The Bertz CT molecular complexity index is 760. The summed E-state index contributed by atoms with van der Waals surface area (Å²) in [7, 11) is 0. The van der Waals surface area contributed by atoms with E-state index in [0.717, 1.165) is 33.7 Å². The number of amides is 2. The maximum Gasteiger partial charge on any atom is 0.350 e. The van der Waals surface area contributed by atoms with Gasteiger partial charge in [0.15, 0.2) is 5.13 Å². The fourth-order valence-corrected chi connectivity index (χ4v) is 3.31. The fourth-order valence-electron chi connectivity index (χ4n) is 2.46. The van der Waals surface area contributed by atoms with E-state index in [4.69, 9.17) is 4.74 Å². The number of urea groups is 1. The van der Waals surface area contributed by atoms with Gasteiger partial charge in [-0.3, -0.25) is 5.32 Å². The Hall–Kier alpha value is -2.41. The molecule has 0 aliphatic rings. The number of nitrogens with one attached hydrogen (secondary N) is 2. The van der Waals surface area contributed by atoms with Gasteiger partial charge in [0, 0.05) is 5.69 Å². The van der Waals surface area contributed by atoms with Gasteiger partial charge < -0.3 is 10.1 Å². The van der Waals surface area contributed by atoms with E-state index in [9.17, 15) is 9.59 Å². The molecule has 2 rings (SSSR count). The summed E-state index contributed by atoms with van der Waals surface area (Å²) >= 11 is 1.10. The second-order valence-corrected chi connectivity index (χ2v) is 6.51. The Labute approximate surface area is 145 Å². The molecule has 24 heavy (non-hydrogen) atoms. The molecular weight excluding hydrogens is 326 g/mol.